The van der Waals surface area contributed by atoms with Gasteiger partial charge in [0.25, 0.3) is 0 Å². The molecule has 0 rings (SSSR count). The topological polar surface area (TPSA) is 60.7 Å². The standard InChI is InChI=1S/C3H8O2S.C3H8OS/c4-1-3(5)2-6;4-2-1-3-5/h3-6H,1-2H2;4-5H,1-3H2. The highest BCUT2D eigenvalue weighted by Crippen LogP contribution is 1.81. The van der Waals surface area contributed by atoms with Crippen LogP contribution in [0.3, 0.4) is 0 Å². The summed E-state index contributed by atoms with van der Waals surface area (Å²) in [5.74, 6) is 1.12. The average molecular weight is 200 g/mol. The van der Waals surface area contributed by atoms with Crippen molar-refractivity contribution in [3.63, 3.8) is 0 Å². The Morgan fingerprint density at radius 3 is 1.73 bits per heavy atom. The Hall–Kier alpha value is 0.580. The fraction of sp³-hybridized carbons (Fsp3) is 1.00. The van der Waals surface area contributed by atoms with E-state index in [0.717, 1.165) is 12.2 Å². The Balaban J connectivity index is 0. The lowest BCUT2D eigenvalue weighted by atomic mass is 10.4. The quantitative estimate of drug-likeness (QED) is 0.400. The smallest absolute Gasteiger partial charge is 0.0858 e. The Morgan fingerprint density at radius 2 is 1.73 bits per heavy atom. The predicted molar refractivity (Wildman–Crippen MR) is 52.5 cm³/mol. The largest absolute Gasteiger partial charge is 0.396 e. The lowest BCUT2D eigenvalue weighted by Gasteiger charge is -1.96. The van der Waals surface area contributed by atoms with Crippen molar-refractivity contribution in [2.75, 3.05) is 24.7 Å². The summed E-state index contributed by atoms with van der Waals surface area (Å²) in [6.07, 6.45) is 0.164. The molecule has 3 nitrogen and oxygen atoms in total. The number of aliphatic hydroxyl groups excluding tert-OH is 3. The van der Waals surface area contributed by atoms with Crippen LogP contribution in [0.1, 0.15) is 6.42 Å². The molecule has 0 fully saturated rings. The van der Waals surface area contributed by atoms with Crippen LogP contribution in [0.4, 0.5) is 0 Å². The molecule has 0 amide bonds. The van der Waals surface area contributed by atoms with Crippen molar-refractivity contribution >= 4 is 25.3 Å². The van der Waals surface area contributed by atoms with Gasteiger partial charge in [0.2, 0.25) is 0 Å². The van der Waals surface area contributed by atoms with Crippen LogP contribution in [0.2, 0.25) is 0 Å². The normalized spacial score (nSPS) is 11.7. The van der Waals surface area contributed by atoms with Crippen molar-refractivity contribution < 1.29 is 15.3 Å². The van der Waals surface area contributed by atoms with E-state index >= 15 is 0 Å². The van der Waals surface area contributed by atoms with E-state index in [1.165, 1.54) is 0 Å². The van der Waals surface area contributed by atoms with E-state index in [9.17, 15) is 0 Å². The zero-order valence-electron chi connectivity index (χ0n) is 6.35. The molecule has 0 aromatic rings. The van der Waals surface area contributed by atoms with Gasteiger partial charge in [-0.15, -0.1) is 0 Å². The number of hydrogen-bond donors (Lipinski definition) is 5. The van der Waals surface area contributed by atoms with Crippen LogP contribution in [0.25, 0.3) is 0 Å². The first-order chi connectivity index (χ1) is 5.22. The molecule has 1 atom stereocenters. The minimum atomic E-state index is -0.645. The molecule has 0 radical (unpaired) electrons. The maximum Gasteiger partial charge on any atom is 0.0858 e. The highest BCUT2D eigenvalue weighted by atomic mass is 32.1. The summed E-state index contributed by atoms with van der Waals surface area (Å²) in [6, 6.07) is 0. The van der Waals surface area contributed by atoms with Crippen LogP contribution < -0.4 is 0 Å². The molecule has 0 bridgehead atoms. The van der Waals surface area contributed by atoms with Gasteiger partial charge in [-0.1, -0.05) is 0 Å². The molecule has 0 spiro atoms. The van der Waals surface area contributed by atoms with Gasteiger partial charge < -0.3 is 15.3 Å². The summed E-state index contributed by atoms with van der Waals surface area (Å²) in [6.45, 7) is 0.0764. The predicted octanol–water partition coefficient (Wildman–Crippen LogP) is -0.432. The SMILES string of the molecule is OCC(O)CS.OCCCS. The van der Waals surface area contributed by atoms with Gasteiger partial charge in [-0.3, -0.25) is 0 Å². The van der Waals surface area contributed by atoms with E-state index in [1.807, 2.05) is 0 Å². The lowest BCUT2D eigenvalue weighted by molar-refractivity contribution is 0.114. The van der Waals surface area contributed by atoms with E-state index in [1.54, 1.807) is 0 Å². The molecule has 0 aliphatic rings. The zero-order chi connectivity index (χ0) is 9.11. The number of thiol groups is 2. The molecule has 0 aromatic heterocycles. The molecule has 70 valence electrons. The second-order valence-electron chi connectivity index (χ2n) is 1.82. The Morgan fingerprint density at radius 1 is 1.18 bits per heavy atom. The number of rotatable bonds is 4. The summed E-state index contributed by atoms with van der Waals surface area (Å²) >= 11 is 7.53. The minimum Gasteiger partial charge on any atom is -0.396 e. The van der Waals surface area contributed by atoms with Gasteiger partial charge in [-0.2, -0.15) is 25.3 Å². The monoisotopic (exact) mass is 200 g/mol. The molecular formula is C6H16O3S2. The van der Waals surface area contributed by atoms with Gasteiger partial charge >= 0.3 is 0 Å². The first-order valence-electron chi connectivity index (χ1n) is 3.34. The van der Waals surface area contributed by atoms with Gasteiger partial charge in [0, 0.05) is 12.4 Å². The van der Waals surface area contributed by atoms with Crippen molar-refractivity contribution in [1.82, 2.24) is 0 Å². The third kappa shape index (κ3) is 18.0. The summed E-state index contributed by atoms with van der Waals surface area (Å²) in [4.78, 5) is 0. The molecule has 0 heterocycles. The molecule has 0 aliphatic carbocycles. The molecule has 11 heavy (non-hydrogen) atoms. The highest BCUT2D eigenvalue weighted by molar-refractivity contribution is 7.80. The third-order valence-electron chi connectivity index (χ3n) is 0.738. The minimum absolute atomic E-state index is 0.191. The molecule has 0 saturated heterocycles. The first kappa shape index (κ1) is 14.1. The van der Waals surface area contributed by atoms with Gasteiger partial charge in [-0.25, -0.2) is 0 Å². The fourth-order valence-electron chi connectivity index (χ4n) is 0.128. The highest BCUT2D eigenvalue weighted by Gasteiger charge is 1.92. The molecule has 5 heteroatoms. The van der Waals surface area contributed by atoms with Crippen molar-refractivity contribution in [2.45, 2.75) is 12.5 Å². The first-order valence-corrected chi connectivity index (χ1v) is 4.60. The second kappa shape index (κ2) is 13.2. The fourth-order valence-corrected chi connectivity index (χ4v) is 0.385. The summed E-state index contributed by atoms with van der Waals surface area (Å²) in [5.41, 5.74) is 0. The lowest BCUT2D eigenvalue weighted by Crippen LogP contribution is -2.12. The van der Waals surface area contributed by atoms with Gasteiger partial charge in [-0.05, 0) is 12.2 Å². The van der Waals surface area contributed by atoms with Crippen molar-refractivity contribution in [3.05, 3.63) is 0 Å². The van der Waals surface area contributed by atoms with Crippen LogP contribution in [0, 0.1) is 0 Å². The Labute approximate surface area is 78.3 Å². The molecule has 0 aromatic carbocycles. The third-order valence-corrected chi connectivity index (χ3v) is 1.48. The van der Waals surface area contributed by atoms with Crippen molar-refractivity contribution in [2.24, 2.45) is 0 Å². The number of aliphatic hydroxyl groups is 3. The molecule has 0 saturated carbocycles. The van der Waals surface area contributed by atoms with E-state index in [0.29, 0.717) is 5.75 Å². The van der Waals surface area contributed by atoms with E-state index in [4.69, 9.17) is 15.3 Å². The van der Waals surface area contributed by atoms with Gasteiger partial charge in [0.1, 0.15) is 0 Å². The van der Waals surface area contributed by atoms with Crippen LogP contribution in [0.5, 0.6) is 0 Å². The Bertz CT molecular complexity index is 57.8. The summed E-state index contributed by atoms with van der Waals surface area (Å²) < 4.78 is 0. The number of hydrogen-bond acceptors (Lipinski definition) is 5. The zero-order valence-corrected chi connectivity index (χ0v) is 8.14. The Kier molecular flexibility index (Phi) is 16.9. The van der Waals surface area contributed by atoms with E-state index in [2.05, 4.69) is 25.3 Å². The molecule has 1 unspecified atom stereocenters. The maximum absolute atomic E-state index is 8.34. The average Bonchev–Trinajstić information content (AvgIpc) is 2.06. The van der Waals surface area contributed by atoms with Crippen molar-refractivity contribution in [1.29, 1.82) is 0 Å². The van der Waals surface area contributed by atoms with Crippen LogP contribution in [0.15, 0.2) is 0 Å². The van der Waals surface area contributed by atoms with Gasteiger partial charge in [0.05, 0.1) is 12.7 Å². The van der Waals surface area contributed by atoms with Crippen molar-refractivity contribution in [3.8, 4) is 0 Å². The summed E-state index contributed by atoms with van der Waals surface area (Å²) in [5, 5.41) is 24.4. The van der Waals surface area contributed by atoms with Gasteiger partial charge in [0.15, 0.2) is 0 Å². The van der Waals surface area contributed by atoms with E-state index < -0.39 is 6.10 Å². The molecule has 0 aliphatic heterocycles. The molecular weight excluding hydrogens is 184 g/mol. The van der Waals surface area contributed by atoms with Crippen LogP contribution in [-0.4, -0.2) is 46.1 Å². The molecule has 3 N–H and O–H groups in total. The summed E-state index contributed by atoms with van der Waals surface area (Å²) in [7, 11) is 0. The van der Waals surface area contributed by atoms with Crippen LogP contribution in [-0.2, 0) is 0 Å². The second-order valence-corrected chi connectivity index (χ2v) is 2.63. The van der Waals surface area contributed by atoms with E-state index in [-0.39, 0.29) is 13.2 Å². The van der Waals surface area contributed by atoms with Crippen LogP contribution >= 0.6 is 25.3 Å². The maximum atomic E-state index is 8.34.